The van der Waals surface area contributed by atoms with Crippen molar-refractivity contribution < 1.29 is 27.7 Å². The zero-order valence-corrected chi connectivity index (χ0v) is 18.2. The number of non-ortho nitro benzene ring substituents is 1. The van der Waals surface area contributed by atoms with Gasteiger partial charge >= 0.3 is 5.97 Å². The average Bonchev–Trinajstić information content (AvgIpc) is 2.83. The lowest BCUT2D eigenvalue weighted by atomic mass is 10.2. The van der Waals surface area contributed by atoms with Crippen LogP contribution in [-0.2, 0) is 19.4 Å². The molecule has 0 heterocycles. The van der Waals surface area contributed by atoms with E-state index >= 15 is 0 Å². The monoisotopic (exact) mass is 469 g/mol. The third-order valence-corrected chi connectivity index (χ3v) is 6.37. The summed E-state index contributed by atoms with van der Waals surface area (Å²) >= 11 is 0. The van der Waals surface area contributed by atoms with Crippen molar-refractivity contribution in [2.75, 3.05) is 24.3 Å². The number of amides is 1. The molecule has 0 unspecified atom stereocenters. The first-order chi connectivity index (χ1) is 15.7. The molecule has 0 atom stereocenters. The van der Waals surface area contributed by atoms with Gasteiger partial charge < -0.3 is 15.4 Å². The minimum atomic E-state index is -4.11. The van der Waals surface area contributed by atoms with E-state index in [9.17, 15) is 28.1 Å². The number of hydrogen-bond acceptors (Lipinski definition) is 8. The van der Waals surface area contributed by atoms with Crippen LogP contribution in [-0.4, -0.2) is 38.9 Å². The SMILES string of the molecule is COC(=O)c1ccccc1NC(=O)CNc1ccc([N+](=O)[O-])cc1S(=O)(=O)c1ccccc1. The van der Waals surface area contributed by atoms with E-state index in [1.165, 1.54) is 49.6 Å². The fourth-order valence-electron chi connectivity index (χ4n) is 2.97. The Bertz CT molecular complexity index is 1310. The maximum atomic E-state index is 13.1. The summed E-state index contributed by atoms with van der Waals surface area (Å²) in [6.07, 6.45) is 0. The predicted octanol–water partition coefficient (Wildman–Crippen LogP) is 3.26. The second-order valence-corrected chi connectivity index (χ2v) is 8.61. The Balaban J connectivity index is 1.87. The van der Waals surface area contributed by atoms with Crippen molar-refractivity contribution in [3.63, 3.8) is 0 Å². The first-order valence-electron chi connectivity index (χ1n) is 9.53. The molecule has 2 N–H and O–H groups in total. The van der Waals surface area contributed by atoms with Crippen LogP contribution in [0.1, 0.15) is 10.4 Å². The highest BCUT2D eigenvalue weighted by atomic mass is 32.2. The molecule has 0 radical (unpaired) electrons. The molecule has 11 heteroatoms. The molecule has 0 aromatic heterocycles. The summed E-state index contributed by atoms with van der Waals surface area (Å²) in [7, 11) is -2.90. The van der Waals surface area contributed by atoms with Crippen LogP contribution in [0, 0.1) is 10.1 Å². The van der Waals surface area contributed by atoms with Crippen LogP contribution in [0.5, 0.6) is 0 Å². The Labute approximate surface area is 189 Å². The minimum absolute atomic E-state index is 0.0147. The number of sulfone groups is 1. The molecule has 3 aromatic carbocycles. The van der Waals surface area contributed by atoms with Gasteiger partial charge in [-0.05, 0) is 30.3 Å². The lowest BCUT2D eigenvalue weighted by Crippen LogP contribution is -2.24. The highest BCUT2D eigenvalue weighted by Crippen LogP contribution is 2.31. The van der Waals surface area contributed by atoms with Gasteiger partial charge in [-0.1, -0.05) is 30.3 Å². The van der Waals surface area contributed by atoms with Crippen molar-refractivity contribution >= 4 is 38.8 Å². The van der Waals surface area contributed by atoms with Crippen LogP contribution in [0.2, 0.25) is 0 Å². The molecule has 10 nitrogen and oxygen atoms in total. The van der Waals surface area contributed by atoms with Gasteiger partial charge in [-0.25, -0.2) is 13.2 Å². The minimum Gasteiger partial charge on any atom is -0.465 e. The van der Waals surface area contributed by atoms with E-state index in [2.05, 4.69) is 15.4 Å². The number of esters is 1. The number of methoxy groups -OCH3 is 1. The van der Waals surface area contributed by atoms with Crippen molar-refractivity contribution in [3.8, 4) is 0 Å². The number of anilines is 2. The number of nitro benzene ring substituents is 1. The lowest BCUT2D eigenvalue weighted by Gasteiger charge is -2.14. The van der Waals surface area contributed by atoms with Crippen LogP contribution < -0.4 is 10.6 Å². The molecule has 0 spiro atoms. The summed E-state index contributed by atoms with van der Waals surface area (Å²) in [4.78, 5) is 34.4. The van der Waals surface area contributed by atoms with Gasteiger partial charge in [0, 0.05) is 12.1 Å². The Kier molecular flexibility index (Phi) is 7.04. The van der Waals surface area contributed by atoms with Crippen LogP contribution >= 0.6 is 0 Å². The van der Waals surface area contributed by atoms with E-state index in [0.29, 0.717) is 0 Å². The first-order valence-corrected chi connectivity index (χ1v) is 11.0. The number of ether oxygens (including phenoxy) is 1. The van der Waals surface area contributed by atoms with Gasteiger partial charge in [0.2, 0.25) is 15.7 Å². The van der Waals surface area contributed by atoms with Crippen molar-refractivity contribution in [1.82, 2.24) is 0 Å². The summed E-state index contributed by atoms with van der Waals surface area (Å²) in [5, 5.41) is 16.5. The standard InChI is InChI=1S/C22H19N3O7S/c1-32-22(27)17-9-5-6-10-18(17)24-21(26)14-23-19-12-11-15(25(28)29)13-20(19)33(30,31)16-7-3-2-4-8-16/h2-13,23H,14H2,1H3,(H,24,26). The fraction of sp³-hybridized carbons (Fsp3) is 0.0909. The van der Waals surface area contributed by atoms with Gasteiger partial charge in [0.1, 0.15) is 4.90 Å². The van der Waals surface area contributed by atoms with Crippen molar-refractivity contribution in [3.05, 3.63) is 88.5 Å². The second kappa shape index (κ2) is 9.92. The van der Waals surface area contributed by atoms with E-state index in [4.69, 9.17) is 0 Å². The number of benzene rings is 3. The normalized spacial score (nSPS) is 10.8. The van der Waals surface area contributed by atoms with Gasteiger partial charge in [-0.2, -0.15) is 0 Å². The van der Waals surface area contributed by atoms with Gasteiger partial charge in [-0.3, -0.25) is 14.9 Å². The quantitative estimate of drug-likeness (QED) is 0.290. The fourth-order valence-corrected chi connectivity index (χ4v) is 4.44. The van der Waals surface area contributed by atoms with E-state index in [1.807, 2.05) is 0 Å². The number of carbonyl (C=O) groups excluding carboxylic acids is 2. The number of rotatable bonds is 8. The third-order valence-electron chi connectivity index (χ3n) is 4.56. The van der Waals surface area contributed by atoms with Gasteiger partial charge in [-0.15, -0.1) is 0 Å². The van der Waals surface area contributed by atoms with Crippen LogP contribution in [0.25, 0.3) is 0 Å². The molecule has 3 aromatic rings. The molecular weight excluding hydrogens is 450 g/mol. The number of carbonyl (C=O) groups is 2. The highest BCUT2D eigenvalue weighted by Gasteiger charge is 2.24. The van der Waals surface area contributed by atoms with Gasteiger partial charge in [0.15, 0.2) is 0 Å². The van der Waals surface area contributed by atoms with E-state index in [-0.39, 0.29) is 33.3 Å². The number of para-hydroxylation sites is 1. The Morgan fingerprint density at radius 3 is 2.30 bits per heavy atom. The number of nitrogens with zero attached hydrogens (tertiary/aromatic N) is 1. The zero-order chi connectivity index (χ0) is 24.0. The molecule has 0 saturated heterocycles. The van der Waals surface area contributed by atoms with Crippen molar-refractivity contribution in [2.45, 2.75) is 9.79 Å². The maximum Gasteiger partial charge on any atom is 0.339 e. The Morgan fingerprint density at radius 1 is 0.970 bits per heavy atom. The lowest BCUT2D eigenvalue weighted by molar-refractivity contribution is -0.385. The van der Waals surface area contributed by atoms with E-state index in [0.717, 1.165) is 12.1 Å². The van der Waals surface area contributed by atoms with Gasteiger partial charge in [0.25, 0.3) is 5.69 Å². The topological polar surface area (TPSA) is 145 Å². The summed E-state index contributed by atoms with van der Waals surface area (Å²) in [5.41, 5.74) is -0.0274. The smallest absolute Gasteiger partial charge is 0.339 e. The first kappa shape index (κ1) is 23.4. The molecule has 0 fully saturated rings. The summed E-state index contributed by atoms with van der Waals surface area (Å²) < 4.78 is 30.9. The van der Waals surface area contributed by atoms with Crippen LogP contribution in [0.15, 0.2) is 82.6 Å². The molecule has 0 saturated carbocycles. The second-order valence-electron chi connectivity index (χ2n) is 6.69. The molecule has 3 rings (SSSR count). The largest absolute Gasteiger partial charge is 0.465 e. The van der Waals surface area contributed by atoms with E-state index in [1.54, 1.807) is 18.2 Å². The van der Waals surface area contributed by atoms with E-state index < -0.39 is 32.3 Å². The molecule has 1 amide bonds. The molecular formula is C22H19N3O7S. The van der Waals surface area contributed by atoms with Crippen LogP contribution in [0.4, 0.5) is 17.1 Å². The maximum absolute atomic E-state index is 13.1. The number of nitrogens with one attached hydrogen (secondary N) is 2. The summed E-state index contributed by atoms with van der Waals surface area (Å²) in [6.45, 7) is -0.370. The predicted molar refractivity (Wildman–Crippen MR) is 120 cm³/mol. The molecule has 33 heavy (non-hydrogen) atoms. The highest BCUT2D eigenvalue weighted by molar-refractivity contribution is 7.91. The third kappa shape index (κ3) is 5.33. The Hall–Kier alpha value is -4.25. The Morgan fingerprint density at radius 2 is 1.64 bits per heavy atom. The molecule has 0 aliphatic rings. The summed E-state index contributed by atoms with van der Waals surface area (Å²) in [6, 6.07) is 17.0. The summed E-state index contributed by atoms with van der Waals surface area (Å²) in [5.74, 6) is -1.21. The molecule has 170 valence electrons. The number of nitro groups is 1. The van der Waals surface area contributed by atoms with Crippen molar-refractivity contribution in [2.24, 2.45) is 0 Å². The van der Waals surface area contributed by atoms with Crippen LogP contribution in [0.3, 0.4) is 0 Å². The number of hydrogen-bond donors (Lipinski definition) is 2. The van der Waals surface area contributed by atoms with Crippen molar-refractivity contribution in [1.29, 1.82) is 0 Å². The molecule has 0 aliphatic carbocycles. The zero-order valence-electron chi connectivity index (χ0n) is 17.3. The van der Waals surface area contributed by atoms with Gasteiger partial charge in [0.05, 0.1) is 40.4 Å². The average molecular weight is 469 g/mol. The molecule has 0 aliphatic heterocycles. The molecule has 0 bridgehead atoms.